The smallest absolute Gasteiger partial charge is 0.170 e. The van der Waals surface area contributed by atoms with Crippen LogP contribution in [-0.2, 0) is 9.59 Å². The third-order valence-corrected chi connectivity index (χ3v) is 2.16. The van der Waals surface area contributed by atoms with E-state index >= 15 is 0 Å². The molecule has 0 aromatic heterocycles. The van der Waals surface area contributed by atoms with Crippen LogP contribution < -0.4 is 0 Å². The number of carbonyl (C=O) groups excluding carboxylic acids is 2. The van der Waals surface area contributed by atoms with Crippen molar-refractivity contribution in [2.45, 2.75) is 58.5 Å². The maximum absolute atomic E-state index is 11.2. The number of rotatable bonds is 8. The van der Waals surface area contributed by atoms with Crippen molar-refractivity contribution in [1.29, 1.82) is 0 Å². The summed E-state index contributed by atoms with van der Waals surface area (Å²) in [6, 6.07) is 0. The maximum atomic E-state index is 11.2. The van der Waals surface area contributed by atoms with Crippen LogP contribution in [0, 0.1) is 35.6 Å². The molecule has 15 heavy (non-hydrogen) atoms. The van der Waals surface area contributed by atoms with Crippen molar-refractivity contribution >= 4 is 11.6 Å². The summed E-state index contributed by atoms with van der Waals surface area (Å²) in [4.78, 5) is 22.5. The van der Waals surface area contributed by atoms with Gasteiger partial charge in [-0.3, -0.25) is 9.59 Å². The van der Waals surface area contributed by atoms with Crippen LogP contribution in [-0.4, -0.2) is 22.8 Å². The zero-order valence-electron chi connectivity index (χ0n) is 9.66. The Morgan fingerprint density at radius 1 is 1.00 bits per heavy atom. The van der Waals surface area contributed by atoms with Crippen molar-refractivity contribution in [2.75, 3.05) is 0 Å². The Hall–Kier alpha value is 0.495. The van der Waals surface area contributed by atoms with Gasteiger partial charge in [-0.2, -0.15) is 0 Å². The summed E-state index contributed by atoms with van der Waals surface area (Å²) < 4.78 is 0. The van der Waals surface area contributed by atoms with Gasteiger partial charge in [0.2, 0.25) is 0 Å². The Bertz CT molecular complexity index is 172. The molecule has 0 fully saturated rings. The fourth-order valence-electron chi connectivity index (χ4n) is 1.16. The van der Waals surface area contributed by atoms with Crippen molar-refractivity contribution in [3.63, 3.8) is 0 Å². The molecular weight excluding hydrogens is 319 g/mol. The Kier molecular flexibility index (Phi) is 13.1. The molecule has 1 radical (unpaired) electrons. The molecule has 0 heterocycles. The number of carbonyl (C=O) groups is 2. The van der Waals surface area contributed by atoms with Gasteiger partial charge < -0.3 is 5.11 Å². The summed E-state index contributed by atoms with van der Waals surface area (Å²) >= 11 is 0. The second kappa shape index (κ2) is 11.0. The third-order valence-electron chi connectivity index (χ3n) is 2.16. The van der Waals surface area contributed by atoms with E-state index in [4.69, 9.17) is 0 Å². The van der Waals surface area contributed by atoms with Crippen LogP contribution in [0.15, 0.2) is 0 Å². The van der Waals surface area contributed by atoms with Crippen molar-refractivity contribution < 1.29 is 50.3 Å². The van der Waals surface area contributed by atoms with Crippen molar-refractivity contribution in [2.24, 2.45) is 0 Å². The Morgan fingerprint density at radius 2 is 1.33 bits per heavy atom. The molecule has 0 aromatic rings. The van der Waals surface area contributed by atoms with Crippen LogP contribution >= 0.6 is 0 Å². The first kappa shape index (κ1) is 17.9. The van der Waals surface area contributed by atoms with E-state index in [9.17, 15) is 14.7 Å². The SMILES string of the molecule is CCCCC(=O)C(O)C(=O)CCCC.[La]. The summed E-state index contributed by atoms with van der Waals surface area (Å²) in [6.45, 7) is 3.94. The Labute approximate surface area is 120 Å². The van der Waals surface area contributed by atoms with E-state index in [0.29, 0.717) is 12.8 Å². The molecular formula is C11H20LaO3. The zero-order valence-corrected chi connectivity index (χ0v) is 13.3. The van der Waals surface area contributed by atoms with E-state index in [2.05, 4.69) is 0 Å². The molecule has 1 N–H and O–H groups in total. The Morgan fingerprint density at radius 3 is 1.60 bits per heavy atom. The van der Waals surface area contributed by atoms with E-state index in [0.717, 1.165) is 25.7 Å². The minimum absolute atomic E-state index is 0. The molecule has 0 unspecified atom stereocenters. The molecule has 0 amide bonds. The average molecular weight is 339 g/mol. The molecule has 85 valence electrons. The minimum Gasteiger partial charge on any atom is -0.378 e. The quantitative estimate of drug-likeness (QED) is 0.687. The first-order chi connectivity index (χ1) is 6.63. The van der Waals surface area contributed by atoms with Crippen molar-refractivity contribution in [1.82, 2.24) is 0 Å². The van der Waals surface area contributed by atoms with Gasteiger partial charge in [0.15, 0.2) is 17.7 Å². The third kappa shape index (κ3) is 8.32. The van der Waals surface area contributed by atoms with Gasteiger partial charge in [0.1, 0.15) is 0 Å². The van der Waals surface area contributed by atoms with E-state index in [1.165, 1.54) is 0 Å². The predicted molar refractivity (Wildman–Crippen MR) is 55.1 cm³/mol. The second-order valence-corrected chi connectivity index (χ2v) is 3.54. The van der Waals surface area contributed by atoms with Gasteiger partial charge in [-0.25, -0.2) is 0 Å². The molecule has 0 aromatic carbocycles. The average Bonchev–Trinajstić information content (AvgIpc) is 2.21. The van der Waals surface area contributed by atoms with Crippen LogP contribution in [0.4, 0.5) is 0 Å². The van der Waals surface area contributed by atoms with Crippen LogP contribution in [0.25, 0.3) is 0 Å². The van der Waals surface area contributed by atoms with Gasteiger partial charge in [0, 0.05) is 48.4 Å². The zero-order chi connectivity index (χ0) is 11.0. The number of hydrogen-bond donors (Lipinski definition) is 1. The van der Waals surface area contributed by atoms with Crippen LogP contribution in [0.1, 0.15) is 52.4 Å². The second-order valence-electron chi connectivity index (χ2n) is 3.54. The molecule has 0 spiro atoms. The van der Waals surface area contributed by atoms with E-state index in [1.807, 2.05) is 13.8 Å². The largest absolute Gasteiger partial charge is 0.378 e. The van der Waals surface area contributed by atoms with Gasteiger partial charge in [0.25, 0.3) is 0 Å². The first-order valence-electron chi connectivity index (χ1n) is 5.37. The summed E-state index contributed by atoms with van der Waals surface area (Å²) in [5, 5.41) is 9.34. The summed E-state index contributed by atoms with van der Waals surface area (Å²) in [5.41, 5.74) is 0. The molecule has 0 aliphatic carbocycles. The summed E-state index contributed by atoms with van der Waals surface area (Å²) in [7, 11) is 0. The molecule has 0 aliphatic rings. The van der Waals surface area contributed by atoms with Crippen molar-refractivity contribution in [3.8, 4) is 0 Å². The Balaban J connectivity index is 0. The van der Waals surface area contributed by atoms with Crippen LogP contribution in [0.2, 0.25) is 0 Å². The topological polar surface area (TPSA) is 54.4 Å². The standard InChI is InChI=1S/C11H20O3.La/c1-3-5-7-9(12)11(14)10(13)8-6-4-2;/h11,14H,3-8H2,1-2H3;. The number of hydrogen-bond acceptors (Lipinski definition) is 3. The fourth-order valence-corrected chi connectivity index (χ4v) is 1.16. The predicted octanol–water partition coefficient (Wildman–Crippen LogP) is 1.87. The molecule has 0 atom stereocenters. The number of Topliss-reactive ketones (excluding diaryl/α,β-unsaturated/α-hetero) is 2. The molecule has 0 rings (SSSR count). The molecule has 0 bridgehead atoms. The van der Waals surface area contributed by atoms with Gasteiger partial charge in [0.05, 0.1) is 0 Å². The summed E-state index contributed by atoms with van der Waals surface area (Å²) in [5.74, 6) is -0.652. The number of aliphatic hydroxyl groups is 1. The van der Waals surface area contributed by atoms with Crippen LogP contribution in [0.5, 0.6) is 0 Å². The number of ketones is 2. The monoisotopic (exact) mass is 339 g/mol. The molecule has 4 heteroatoms. The summed E-state index contributed by atoms with van der Waals surface area (Å²) in [6.07, 6.45) is 2.57. The maximum Gasteiger partial charge on any atom is 0.170 e. The number of aliphatic hydroxyl groups excluding tert-OH is 1. The minimum atomic E-state index is -1.37. The van der Waals surface area contributed by atoms with Crippen molar-refractivity contribution in [3.05, 3.63) is 0 Å². The molecule has 0 aliphatic heterocycles. The fraction of sp³-hybridized carbons (Fsp3) is 0.818. The normalized spacial score (nSPS) is 9.87. The van der Waals surface area contributed by atoms with Gasteiger partial charge in [-0.15, -0.1) is 0 Å². The molecule has 0 saturated carbocycles. The van der Waals surface area contributed by atoms with E-state index < -0.39 is 6.10 Å². The first-order valence-corrected chi connectivity index (χ1v) is 5.37. The molecule has 3 nitrogen and oxygen atoms in total. The van der Waals surface area contributed by atoms with Gasteiger partial charge in [-0.05, 0) is 12.8 Å². The number of unbranched alkanes of at least 4 members (excludes halogenated alkanes) is 2. The molecule has 0 saturated heterocycles. The van der Waals surface area contributed by atoms with E-state index in [-0.39, 0.29) is 47.2 Å². The van der Waals surface area contributed by atoms with E-state index in [1.54, 1.807) is 0 Å². The van der Waals surface area contributed by atoms with Gasteiger partial charge in [-0.1, -0.05) is 26.7 Å². The van der Waals surface area contributed by atoms with Crippen LogP contribution in [0.3, 0.4) is 0 Å². The van der Waals surface area contributed by atoms with Gasteiger partial charge >= 0.3 is 0 Å².